The van der Waals surface area contributed by atoms with E-state index in [4.69, 9.17) is 4.74 Å². The van der Waals surface area contributed by atoms with Gasteiger partial charge >= 0.3 is 0 Å². The van der Waals surface area contributed by atoms with Crippen LogP contribution in [0.5, 0.6) is 0 Å². The van der Waals surface area contributed by atoms with Gasteiger partial charge in [0.25, 0.3) is 0 Å². The topological polar surface area (TPSA) is 9.23 Å². The van der Waals surface area contributed by atoms with E-state index in [1.165, 1.54) is 17.9 Å². The van der Waals surface area contributed by atoms with Gasteiger partial charge in [0.1, 0.15) is 0 Å². The van der Waals surface area contributed by atoms with Crippen molar-refractivity contribution in [2.45, 2.75) is 18.9 Å². The Morgan fingerprint density at radius 3 is 3.11 bits per heavy atom. The van der Waals surface area contributed by atoms with Crippen molar-refractivity contribution in [3.63, 3.8) is 0 Å². The molecule has 2 heteroatoms. The van der Waals surface area contributed by atoms with Gasteiger partial charge in [-0.15, -0.1) is 0 Å². The van der Waals surface area contributed by atoms with Crippen molar-refractivity contribution in [1.82, 2.24) is 0 Å². The minimum absolute atomic E-state index is 0.539. The second kappa shape index (κ2) is 4.18. The van der Waals surface area contributed by atoms with E-state index >= 15 is 0 Å². The SMILES string of the molecule is [CH2]CCOC1CCSC1. The Balaban J connectivity index is 1.98. The number of thioether (sulfide) groups is 1. The molecule has 1 aliphatic rings. The van der Waals surface area contributed by atoms with Gasteiger partial charge in [-0.2, -0.15) is 11.8 Å². The second-order valence-electron chi connectivity index (χ2n) is 2.21. The van der Waals surface area contributed by atoms with Gasteiger partial charge in [0, 0.05) is 12.4 Å². The number of hydrogen-bond acceptors (Lipinski definition) is 2. The fourth-order valence-electron chi connectivity index (χ4n) is 0.894. The Morgan fingerprint density at radius 1 is 1.67 bits per heavy atom. The Bertz CT molecular complexity index is 69.3. The third-order valence-electron chi connectivity index (χ3n) is 1.39. The van der Waals surface area contributed by atoms with Gasteiger partial charge in [-0.3, -0.25) is 0 Å². The lowest BCUT2D eigenvalue weighted by molar-refractivity contribution is 0.0746. The lowest BCUT2D eigenvalue weighted by Crippen LogP contribution is -2.11. The molecule has 1 saturated heterocycles. The Labute approximate surface area is 61.2 Å². The fraction of sp³-hybridized carbons (Fsp3) is 0.857. The van der Waals surface area contributed by atoms with Crippen molar-refractivity contribution in [1.29, 1.82) is 0 Å². The molecule has 1 heterocycles. The van der Waals surface area contributed by atoms with E-state index in [2.05, 4.69) is 6.92 Å². The van der Waals surface area contributed by atoms with E-state index in [1.54, 1.807) is 0 Å². The monoisotopic (exact) mass is 145 g/mol. The third kappa shape index (κ3) is 2.59. The van der Waals surface area contributed by atoms with Crippen LogP contribution in [-0.2, 0) is 4.74 Å². The molecule has 1 rings (SSSR count). The van der Waals surface area contributed by atoms with E-state index in [9.17, 15) is 0 Å². The van der Waals surface area contributed by atoms with Crippen molar-refractivity contribution in [3.05, 3.63) is 6.92 Å². The Kier molecular flexibility index (Phi) is 3.44. The van der Waals surface area contributed by atoms with Gasteiger partial charge in [0.15, 0.2) is 0 Å². The Hall–Kier alpha value is 0.310. The summed E-state index contributed by atoms with van der Waals surface area (Å²) in [6.07, 6.45) is 2.68. The average Bonchev–Trinajstić information content (AvgIpc) is 2.34. The lowest BCUT2D eigenvalue weighted by atomic mass is 10.3. The van der Waals surface area contributed by atoms with Crippen LogP contribution in [0.25, 0.3) is 0 Å². The molecule has 1 radical (unpaired) electrons. The molecule has 0 spiro atoms. The zero-order valence-corrected chi connectivity index (χ0v) is 6.45. The number of hydrogen-bond donors (Lipinski definition) is 0. The minimum atomic E-state index is 0.539. The highest BCUT2D eigenvalue weighted by molar-refractivity contribution is 7.99. The summed E-state index contributed by atoms with van der Waals surface area (Å²) in [6, 6.07) is 0. The quantitative estimate of drug-likeness (QED) is 0.598. The van der Waals surface area contributed by atoms with Crippen molar-refractivity contribution in [2.75, 3.05) is 18.1 Å². The average molecular weight is 145 g/mol. The first kappa shape index (κ1) is 7.42. The highest BCUT2D eigenvalue weighted by Crippen LogP contribution is 2.19. The van der Waals surface area contributed by atoms with Crippen LogP contribution in [0.2, 0.25) is 0 Å². The van der Waals surface area contributed by atoms with E-state index < -0.39 is 0 Å². The molecule has 0 aromatic carbocycles. The first-order chi connectivity index (χ1) is 4.43. The van der Waals surface area contributed by atoms with Crippen molar-refractivity contribution < 1.29 is 4.74 Å². The molecule has 53 valence electrons. The van der Waals surface area contributed by atoms with Crippen LogP contribution in [0.3, 0.4) is 0 Å². The van der Waals surface area contributed by atoms with E-state index in [-0.39, 0.29) is 0 Å². The van der Waals surface area contributed by atoms with Crippen LogP contribution >= 0.6 is 11.8 Å². The molecule has 0 bridgehead atoms. The molecule has 0 amide bonds. The summed E-state index contributed by atoms with van der Waals surface area (Å²) in [5, 5.41) is 0. The van der Waals surface area contributed by atoms with Crippen LogP contribution in [0.4, 0.5) is 0 Å². The molecule has 0 aliphatic carbocycles. The molecule has 1 nitrogen and oxygen atoms in total. The van der Waals surface area contributed by atoms with Crippen LogP contribution in [0.1, 0.15) is 12.8 Å². The summed E-state index contributed by atoms with van der Waals surface area (Å²) in [7, 11) is 0. The summed E-state index contributed by atoms with van der Waals surface area (Å²) < 4.78 is 5.47. The summed E-state index contributed by atoms with van der Waals surface area (Å²) >= 11 is 1.99. The van der Waals surface area contributed by atoms with Crippen molar-refractivity contribution in [2.24, 2.45) is 0 Å². The van der Waals surface area contributed by atoms with Gasteiger partial charge in [-0.1, -0.05) is 6.92 Å². The molecular formula is C7H13OS. The lowest BCUT2D eigenvalue weighted by Gasteiger charge is -2.07. The van der Waals surface area contributed by atoms with Gasteiger partial charge in [-0.05, 0) is 18.6 Å². The molecule has 0 saturated carbocycles. The molecule has 1 fully saturated rings. The zero-order valence-electron chi connectivity index (χ0n) is 5.64. The predicted octanol–water partition coefficient (Wildman–Crippen LogP) is 1.73. The summed E-state index contributed by atoms with van der Waals surface area (Å²) in [5.41, 5.74) is 0. The second-order valence-corrected chi connectivity index (χ2v) is 3.36. The maximum Gasteiger partial charge on any atom is 0.0673 e. The normalized spacial score (nSPS) is 27.0. The maximum atomic E-state index is 5.47. The highest BCUT2D eigenvalue weighted by Gasteiger charge is 2.14. The predicted molar refractivity (Wildman–Crippen MR) is 41.7 cm³/mol. The molecule has 0 aromatic rings. The molecule has 0 N–H and O–H groups in total. The fourth-order valence-corrected chi connectivity index (χ4v) is 2.02. The molecule has 9 heavy (non-hydrogen) atoms. The van der Waals surface area contributed by atoms with E-state index in [0.29, 0.717) is 6.10 Å². The van der Waals surface area contributed by atoms with Gasteiger partial charge in [-0.25, -0.2) is 0 Å². The van der Waals surface area contributed by atoms with Gasteiger partial charge in [0.2, 0.25) is 0 Å². The summed E-state index contributed by atoms with van der Waals surface area (Å²) in [5.74, 6) is 2.47. The molecule has 1 atom stereocenters. The standard InChI is InChI=1S/C7H13OS/c1-2-4-8-7-3-5-9-6-7/h7H,1-6H2. The first-order valence-electron chi connectivity index (χ1n) is 3.42. The van der Waals surface area contributed by atoms with Crippen molar-refractivity contribution >= 4 is 11.8 Å². The third-order valence-corrected chi connectivity index (χ3v) is 2.52. The molecule has 1 unspecified atom stereocenters. The molecular weight excluding hydrogens is 132 g/mol. The number of ether oxygens (including phenoxy) is 1. The van der Waals surface area contributed by atoms with Crippen LogP contribution in [-0.4, -0.2) is 24.2 Å². The summed E-state index contributed by atoms with van der Waals surface area (Å²) in [6.45, 7) is 4.55. The smallest absolute Gasteiger partial charge is 0.0673 e. The van der Waals surface area contributed by atoms with Crippen LogP contribution in [0, 0.1) is 6.92 Å². The van der Waals surface area contributed by atoms with Crippen LogP contribution < -0.4 is 0 Å². The minimum Gasteiger partial charge on any atom is -0.377 e. The maximum absolute atomic E-state index is 5.47. The van der Waals surface area contributed by atoms with E-state index in [0.717, 1.165) is 13.0 Å². The molecule has 1 aliphatic heterocycles. The zero-order chi connectivity index (χ0) is 6.53. The highest BCUT2D eigenvalue weighted by atomic mass is 32.2. The van der Waals surface area contributed by atoms with Gasteiger partial charge < -0.3 is 4.74 Å². The Morgan fingerprint density at radius 2 is 2.56 bits per heavy atom. The largest absolute Gasteiger partial charge is 0.377 e. The first-order valence-corrected chi connectivity index (χ1v) is 4.57. The number of rotatable bonds is 3. The van der Waals surface area contributed by atoms with Crippen LogP contribution in [0.15, 0.2) is 0 Å². The molecule has 0 aromatic heterocycles. The van der Waals surface area contributed by atoms with Crippen molar-refractivity contribution in [3.8, 4) is 0 Å². The van der Waals surface area contributed by atoms with Gasteiger partial charge in [0.05, 0.1) is 6.10 Å². The van der Waals surface area contributed by atoms with E-state index in [1.807, 2.05) is 11.8 Å². The summed E-state index contributed by atoms with van der Waals surface area (Å²) in [4.78, 5) is 0.